The molecule has 0 saturated carbocycles. The predicted molar refractivity (Wildman–Crippen MR) is 75.2 cm³/mol. The zero-order valence-electron chi connectivity index (χ0n) is 11.0. The van der Waals surface area contributed by atoms with Gasteiger partial charge in [-0.05, 0) is 24.3 Å². The van der Waals surface area contributed by atoms with E-state index in [0.29, 0.717) is 11.4 Å². The lowest BCUT2D eigenvalue weighted by Gasteiger charge is -2.11. The number of amides is 1. The molecule has 0 aliphatic carbocycles. The van der Waals surface area contributed by atoms with E-state index >= 15 is 0 Å². The number of phenols is 1. The first-order chi connectivity index (χ1) is 9.70. The summed E-state index contributed by atoms with van der Waals surface area (Å²) in [5.74, 6) is 0.501. The summed E-state index contributed by atoms with van der Waals surface area (Å²) in [6, 6.07) is 13.6. The molecule has 0 aromatic heterocycles. The lowest BCUT2D eigenvalue weighted by molar-refractivity contribution is -0.118. The Hall–Kier alpha value is -2.69. The van der Waals surface area contributed by atoms with E-state index < -0.39 is 0 Å². The van der Waals surface area contributed by atoms with E-state index in [0.717, 1.165) is 0 Å². The molecule has 104 valence electrons. The Balaban J connectivity index is 1.95. The quantitative estimate of drug-likeness (QED) is 0.878. The fourth-order valence-corrected chi connectivity index (χ4v) is 1.66. The van der Waals surface area contributed by atoms with Crippen LogP contribution in [0, 0.1) is 0 Å². The van der Waals surface area contributed by atoms with Crippen LogP contribution < -0.4 is 14.8 Å². The minimum absolute atomic E-state index is 0.00223. The van der Waals surface area contributed by atoms with Crippen molar-refractivity contribution in [2.45, 2.75) is 0 Å². The van der Waals surface area contributed by atoms with Crippen molar-refractivity contribution in [1.29, 1.82) is 0 Å². The number of nitrogens with one attached hydrogen (secondary N) is 1. The second-order valence-corrected chi connectivity index (χ2v) is 4.00. The number of para-hydroxylation sites is 4. The molecule has 0 saturated heterocycles. The van der Waals surface area contributed by atoms with Gasteiger partial charge in [0.05, 0.1) is 12.8 Å². The van der Waals surface area contributed by atoms with Crippen molar-refractivity contribution < 1.29 is 19.4 Å². The predicted octanol–water partition coefficient (Wildman–Crippen LogP) is 2.42. The van der Waals surface area contributed by atoms with E-state index in [2.05, 4.69) is 5.32 Å². The third-order valence-corrected chi connectivity index (χ3v) is 2.61. The van der Waals surface area contributed by atoms with Crippen molar-refractivity contribution in [3.8, 4) is 17.2 Å². The first-order valence-electron chi connectivity index (χ1n) is 6.04. The number of anilines is 1. The van der Waals surface area contributed by atoms with E-state index in [1.54, 1.807) is 36.4 Å². The zero-order valence-corrected chi connectivity index (χ0v) is 11.0. The number of methoxy groups -OCH3 is 1. The monoisotopic (exact) mass is 273 g/mol. The Kier molecular flexibility index (Phi) is 4.44. The standard InChI is InChI=1S/C15H15NO4/c1-19-13-8-4-2-6-11(13)16-15(18)10-20-14-9-5-3-7-12(14)17/h2-9,17H,10H2,1H3,(H,16,18). The molecule has 1 amide bonds. The van der Waals surface area contributed by atoms with Crippen molar-refractivity contribution >= 4 is 11.6 Å². The number of hydrogen-bond acceptors (Lipinski definition) is 4. The summed E-state index contributed by atoms with van der Waals surface area (Å²) < 4.78 is 10.4. The van der Waals surface area contributed by atoms with E-state index in [1.807, 2.05) is 6.07 Å². The van der Waals surface area contributed by atoms with Gasteiger partial charge in [0.25, 0.3) is 5.91 Å². The van der Waals surface area contributed by atoms with Gasteiger partial charge in [0, 0.05) is 0 Å². The van der Waals surface area contributed by atoms with Gasteiger partial charge in [-0.2, -0.15) is 0 Å². The highest BCUT2D eigenvalue weighted by Crippen LogP contribution is 2.25. The first kappa shape index (κ1) is 13.7. The Morgan fingerprint density at radius 1 is 1.10 bits per heavy atom. The van der Waals surface area contributed by atoms with Crippen LogP contribution in [-0.4, -0.2) is 24.7 Å². The fraction of sp³-hybridized carbons (Fsp3) is 0.133. The maximum Gasteiger partial charge on any atom is 0.262 e. The smallest absolute Gasteiger partial charge is 0.262 e. The van der Waals surface area contributed by atoms with E-state index in [9.17, 15) is 9.90 Å². The molecule has 2 N–H and O–H groups in total. The molecule has 0 bridgehead atoms. The second kappa shape index (κ2) is 6.47. The van der Waals surface area contributed by atoms with Crippen LogP contribution in [0.4, 0.5) is 5.69 Å². The summed E-state index contributed by atoms with van der Waals surface area (Å²) in [5.41, 5.74) is 0.570. The molecule has 2 aromatic carbocycles. The molecule has 2 rings (SSSR count). The Labute approximate surface area is 116 Å². The van der Waals surface area contributed by atoms with Crippen molar-refractivity contribution in [3.63, 3.8) is 0 Å². The van der Waals surface area contributed by atoms with Crippen LogP contribution in [-0.2, 0) is 4.79 Å². The Bertz CT molecular complexity index is 598. The van der Waals surface area contributed by atoms with Gasteiger partial charge < -0.3 is 19.9 Å². The molecular formula is C15H15NO4. The average molecular weight is 273 g/mol. The molecule has 5 nitrogen and oxygen atoms in total. The lowest BCUT2D eigenvalue weighted by atomic mass is 10.3. The van der Waals surface area contributed by atoms with Gasteiger partial charge in [0.1, 0.15) is 5.75 Å². The SMILES string of the molecule is COc1ccccc1NC(=O)COc1ccccc1O. The second-order valence-electron chi connectivity index (χ2n) is 4.00. The Morgan fingerprint density at radius 3 is 2.45 bits per heavy atom. The molecule has 0 spiro atoms. The maximum atomic E-state index is 11.8. The molecule has 0 aliphatic rings. The van der Waals surface area contributed by atoms with Crippen molar-refractivity contribution in [3.05, 3.63) is 48.5 Å². The summed E-state index contributed by atoms with van der Waals surface area (Å²) in [5, 5.41) is 12.2. The van der Waals surface area contributed by atoms with Gasteiger partial charge in [-0.1, -0.05) is 24.3 Å². The minimum atomic E-state index is -0.335. The van der Waals surface area contributed by atoms with Gasteiger partial charge in [0.2, 0.25) is 0 Å². The zero-order chi connectivity index (χ0) is 14.4. The number of carbonyl (C=O) groups excluding carboxylic acids is 1. The topological polar surface area (TPSA) is 67.8 Å². The molecule has 20 heavy (non-hydrogen) atoms. The molecule has 0 radical (unpaired) electrons. The van der Waals surface area contributed by atoms with Crippen LogP contribution in [0.5, 0.6) is 17.2 Å². The third-order valence-electron chi connectivity index (χ3n) is 2.61. The molecule has 5 heteroatoms. The Morgan fingerprint density at radius 2 is 1.75 bits per heavy atom. The highest BCUT2D eigenvalue weighted by molar-refractivity contribution is 5.93. The van der Waals surface area contributed by atoms with Crippen LogP contribution in [0.3, 0.4) is 0 Å². The van der Waals surface area contributed by atoms with Crippen LogP contribution in [0.25, 0.3) is 0 Å². The summed E-state index contributed by atoms with van der Waals surface area (Å²) in [4.78, 5) is 11.8. The number of aromatic hydroxyl groups is 1. The molecule has 0 aliphatic heterocycles. The van der Waals surface area contributed by atoms with Crippen molar-refractivity contribution in [1.82, 2.24) is 0 Å². The maximum absolute atomic E-state index is 11.8. The molecule has 0 heterocycles. The fourth-order valence-electron chi connectivity index (χ4n) is 1.66. The molecule has 0 unspecified atom stereocenters. The number of rotatable bonds is 5. The van der Waals surface area contributed by atoms with E-state index in [1.165, 1.54) is 13.2 Å². The average Bonchev–Trinajstić information content (AvgIpc) is 2.47. The third kappa shape index (κ3) is 3.41. The summed E-state index contributed by atoms with van der Waals surface area (Å²) >= 11 is 0. The number of hydrogen-bond donors (Lipinski definition) is 2. The van der Waals surface area contributed by atoms with Crippen molar-refractivity contribution in [2.75, 3.05) is 19.0 Å². The van der Waals surface area contributed by atoms with Gasteiger partial charge in [0.15, 0.2) is 18.1 Å². The van der Waals surface area contributed by atoms with E-state index in [4.69, 9.17) is 9.47 Å². The number of phenolic OH excluding ortho intramolecular Hbond substituents is 1. The van der Waals surface area contributed by atoms with Gasteiger partial charge in [-0.3, -0.25) is 4.79 Å². The largest absolute Gasteiger partial charge is 0.504 e. The van der Waals surface area contributed by atoms with Crippen LogP contribution in [0.2, 0.25) is 0 Å². The highest BCUT2D eigenvalue weighted by Gasteiger charge is 2.08. The van der Waals surface area contributed by atoms with Gasteiger partial charge in [-0.15, -0.1) is 0 Å². The molecule has 0 fully saturated rings. The van der Waals surface area contributed by atoms with Gasteiger partial charge >= 0.3 is 0 Å². The normalized spacial score (nSPS) is 9.85. The highest BCUT2D eigenvalue weighted by atomic mass is 16.5. The van der Waals surface area contributed by atoms with Crippen LogP contribution in [0.1, 0.15) is 0 Å². The van der Waals surface area contributed by atoms with Crippen LogP contribution in [0.15, 0.2) is 48.5 Å². The summed E-state index contributed by atoms with van der Waals surface area (Å²) in [6.07, 6.45) is 0. The summed E-state index contributed by atoms with van der Waals surface area (Å²) in [7, 11) is 1.53. The van der Waals surface area contributed by atoms with Crippen LogP contribution >= 0.6 is 0 Å². The number of ether oxygens (including phenoxy) is 2. The van der Waals surface area contributed by atoms with Gasteiger partial charge in [-0.25, -0.2) is 0 Å². The summed E-state index contributed by atoms with van der Waals surface area (Å²) in [6.45, 7) is -0.199. The molecular weight excluding hydrogens is 258 g/mol. The molecule has 0 atom stereocenters. The van der Waals surface area contributed by atoms with E-state index in [-0.39, 0.29) is 24.0 Å². The lowest BCUT2D eigenvalue weighted by Crippen LogP contribution is -2.20. The molecule has 2 aromatic rings. The first-order valence-corrected chi connectivity index (χ1v) is 6.04. The van der Waals surface area contributed by atoms with Crippen molar-refractivity contribution in [2.24, 2.45) is 0 Å². The number of carbonyl (C=O) groups is 1. The number of benzene rings is 2. The minimum Gasteiger partial charge on any atom is -0.504 e.